The van der Waals surface area contributed by atoms with E-state index in [1.807, 2.05) is 0 Å². The molecule has 0 unspecified atom stereocenters. The maximum atomic E-state index is 11.3. The minimum Gasteiger partial charge on any atom is -0.506 e. The van der Waals surface area contributed by atoms with Gasteiger partial charge in [-0.2, -0.15) is 4.52 Å². The minimum absolute atomic E-state index is 0.0378. The Bertz CT molecular complexity index is 749. The first-order valence-electron chi connectivity index (χ1n) is 4.81. The van der Waals surface area contributed by atoms with Crippen LogP contribution in [0, 0.1) is 0 Å². The number of hydrogen-bond acceptors (Lipinski definition) is 5. The second-order valence-electron chi connectivity index (χ2n) is 3.55. The van der Waals surface area contributed by atoms with E-state index in [-0.39, 0.29) is 17.0 Å². The Hall–Kier alpha value is -2.70. The normalized spacial score (nSPS) is 11.1. The molecule has 0 saturated heterocycles. The van der Waals surface area contributed by atoms with Crippen LogP contribution in [-0.4, -0.2) is 31.1 Å². The fraction of sp³-hybridized carbons (Fsp3) is 0. The molecular weight excluding hydrogens is 222 g/mol. The van der Waals surface area contributed by atoms with Gasteiger partial charge < -0.3 is 10.8 Å². The van der Waals surface area contributed by atoms with E-state index >= 15 is 0 Å². The SMILES string of the molecule is NC(=O)c1cc2cccc(O)c2n2nnnc12. The zero-order valence-electron chi connectivity index (χ0n) is 8.53. The second kappa shape index (κ2) is 3.14. The highest BCUT2D eigenvalue weighted by Crippen LogP contribution is 2.26. The predicted octanol–water partition coefficient (Wildman–Crippen LogP) is 0.0820. The fourth-order valence-corrected chi connectivity index (χ4v) is 1.80. The zero-order valence-corrected chi connectivity index (χ0v) is 8.53. The molecule has 0 fully saturated rings. The molecule has 1 amide bonds. The van der Waals surface area contributed by atoms with Crippen LogP contribution in [0.5, 0.6) is 5.75 Å². The monoisotopic (exact) mass is 229 g/mol. The number of primary amides is 1. The molecule has 0 radical (unpaired) electrons. The van der Waals surface area contributed by atoms with Crippen molar-refractivity contribution in [3.8, 4) is 5.75 Å². The molecule has 0 aliphatic rings. The van der Waals surface area contributed by atoms with Crippen molar-refractivity contribution in [1.82, 2.24) is 20.0 Å². The summed E-state index contributed by atoms with van der Waals surface area (Å²) in [5.74, 6) is -0.578. The highest BCUT2D eigenvalue weighted by molar-refractivity contribution is 6.03. The lowest BCUT2D eigenvalue weighted by molar-refractivity contribution is 0.100. The molecule has 0 atom stereocenters. The zero-order chi connectivity index (χ0) is 12.0. The highest BCUT2D eigenvalue weighted by atomic mass is 16.3. The molecule has 3 aromatic rings. The van der Waals surface area contributed by atoms with Crippen molar-refractivity contribution in [2.24, 2.45) is 5.73 Å². The summed E-state index contributed by atoms with van der Waals surface area (Å²) in [5.41, 5.74) is 6.14. The average molecular weight is 229 g/mol. The average Bonchev–Trinajstić information content (AvgIpc) is 2.76. The van der Waals surface area contributed by atoms with Gasteiger partial charge in [-0.15, -0.1) is 5.10 Å². The Morgan fingerprint density at radius 3 is 3.00 bits per heavy atom. The molecule has 17 heavy (non-hydrogen) atoms. The largest absolute Gasteiger partial charge is 0.506 e. The first kappa shape index (κ1) is 9.52. The molecule has 0 bridgehead atoms. The van der Waals surface area contributed by atoms with Gasteiger partial charge >= 0.3 is 0 Å². The molecule has 7 heteroatoms. The van der Waals surface area contributed by atoms with Crippen molar-refractivity contribution in [3.05, 3.63) is 29.8 Å². The highest BCUT2D eigenvalue weighted by Gasteiger charge is 2.15. The van der Waals surface area contributed by atoms with Crippen LogP contribution in [0.2, 0.25) is 0 Å². The number of benzene rings is 1. The summed E-state index contributed by atoms with van der Waals surface area (Å²) in [4.78, 5) is 11.3. The standard InChI is InChI=1S/C10H7N5O2/c11-9(17)6-4-5-2-1-3-7(16)8(5)15-10(6)12-13-14-15/h1-4,16H,(H2,11,17). The summed E-state index contributed by atoms with van der Waals surface area (Å²) < 4.78 is 1.30. The van der Waals surface area contributed by atoms with Gasteiger partial charge in [-0.05, 0) is 22.6 Å². The third kappa shape index (κ3) is 1.22. The van der Waals surface area contributed by atoms with Crippen LogP contribution in [0.15, 0.2) is 24.3 Å². The number of fused-ring (bicyclic) bond motifs is 3. The molecule has 1 aromatic carbocycles. The number of rotatable bonds is 1. The lowest BCUT2D eigenvalue weighted by Crippen LogP contribution is -2.13. The summed E-state index contributed by atoms with van der Waals surface area (Å²) in [5, 5.41) is 21.4. The van der Waals surface area contributed by atoms with Gasteiger partial charge in [0.2, 0.25) is 0 Å². The third-order valence-corrected chi connectivity index (χ3v) is 2.53. The number of nitrogens with two attached hydrogens (primary N) is 1. The van der Waals surface area contributed by atoms with E-state index in [9.17, 15) is 9.90 Å². The first-order chi connectivity index (χ1) is 8.18. The number of phenols is 1. The summed E-state index contributed by atoms with van der Waals surface area (Å²) in [6.07, 6.45) is 0. The Balaban J connectivity index is 2.61. The van der Waals surface area contributed by atoms with Crippen molar-refractivity contribution in [3.63, 3.8) is 0 Å². The molecule has 3 rings (SSSR count). The van der Waals surface area contributed by atoms with Crippen LogP contribution in [0.4, 0.5) is 0 Å². The van der Waals surface area contributed by atoms with Crippen molar-refractivity contribution < 1.29 is 9.90 Å². The number of aromatic nitrogens is 4. The van der Waals surface area contributed by atoms with Gasteiger partial charge in [-0.3, -0.25) is 4.79 Å². The number of hydrogen-bond donors (Lipinski definition) is 2. The van der Waals surface area contributed by atoms with Crippen molar-refractivity contribution >= 4 is 22.5 Å². The van der Waals surface area contributed by atoms with Crippen LogP contribution >= 0.6 is 0 Å². The maximum Gasteiger partial charge on any atom is 0.252 e. The lowest BCUT2D eigenvalue weighted by atomic mass is 10.1. The number of aromatic hydroxyl groups is 1. The van der Waals surface area contributed by atoms with Crippen molar-refractivity contribution in [2.75, 3.05) is 0 Å². The molecular formula is C10H7N5O2. The van der Waals surface area contributed by atoms with E-state index in [2.05, 4.69) is 15.5 Å². The van der Waals surface area contributed by atoms with E-state index in [4.69, 9.17) is 5.73 Å². The quantitative estimate of drug-likeness (QED) is 0.614. The van der Waals surface area contributed by atoms with Gasteiger partial charge in [0.15, 0.2) is 5.65 Å². The third-order valence-electron chi connectivity index (χ3n) is 2.53. The van der Waals surface area contributed by atoms with Crippen LogP contribution < -0.4 is 5.73 Å². The number of phenolic OH excluding ortho intramolecular Hbond substituents is 1. The van der Waals surface area contributed by atoms with Crippen molar-refractivity contribution in [1.29, 1.82) is 0 Å². The summed E-state index contributed by atoms with van der Waals surface area (Å²) >= 11 is 0. The van der Waals surface area contributed by atoms with Gasteiger partial charge in [0.25, 0.3) is 5.91 Å². The number of amides is 1. The second-order valence-corrected chi connectivity index (χ2v) is 3.55. The number of carbonyl (C=O) groups is 1. The molecule has 3 N–H and O–H groups in total. The van der Waals surface area contributed by atoms with Gasteiger partial charge in [0.1, 0.15) is 11.3 Å². The van der Waals surface area contributed by atoms with E-state index in [1.165, 1.54) is 10.6 Å². The summed E-state index contributed by atoms with van der Waals surface area (Å²) in [6, 6.07) is 6.48. The Morgan fingerprint density at radius 2 is 2.24 bits per heavy atom. The van der Waals surface area contributed by atoms with E-state index in [0.717, 1.165) is 0 Å². The van der Waals surface area contributed by atoms with E-state index < -0.39 is 5.91 Å². The van der Waals surface area contributed by atoms with Gasteiger partial charge in [0.05, 0.1) is 5.56 Å². The first-order valence-corrected chi connectivity index (χ1v) is 4.81. The molecule has 84 valence electrons. The van der Waals surface area contributed by atoms with Crippen LogP contribution in [-0.2, 0) is 0 Å². The minimum atomic E-state index is -0.616. The van der Waals surface area contributed by atoms with Gasteiger partial charge in [-0.25, -0.2) is 0 Å². The van der Waals surface area contributed by atoms with E-state index in [1.54, 1.807) is 18.2 Å². The molecule has 0 spiro atoms. The topological polar surface area (TPSA) is 106 Å². The van der Waals surface area contributed by atoms with Crippen LogP contribution in [0.3, 0.4) is 0 Å². The lowest BCUT2D eigenvalue weighted by Gasteiger charge is -2.04. The number of para-hydroxylation sites is 1. The summed E-state index contributed by atoms with van der Waals surface area (Å²) in [6.45, 7) is 0. The van der Waals surface area contributed by atoms with E-state index in [0.29, 0.717) is 10.9 Å². The van der Waals surface area contributed by atoms with Crippen molar-refractivity contribution in [2.45, 2.75) is 0 Å². The van der Waals surface area contributed by atoms with Gasteiger partial charge in [-0.1, -0.05) is 12.1 Å². The molecule has 0 saturated carbocycles. The maximum absolute atomic E-state index is 11.3. The smallest absolute Gasteiger partial charge is 0.252 e. The number of pyridine rings is 1. The van der Waals surface area contributed by atoms with Gasteiger partial charge in [0, 0.05) is 5.39 Å². The summed E-state index contributed by atoms with van der Waals surface area (Å²) in [7, 11) is 0. The van der Waals surface area contributed by atoms with Crippen LogP contribution in [0.1, 0.15) is 10.4 Å². The fourth-order valence-electron chi connectivity index (χ4n) is 1.80. The number of tetrazole rings is 1. The number of nitrogens with zero attached hydrogens (tertiary/aromatic N) is 4. The predicted molar refractivity (Wildman–Crippen MR) is 58.5 cm³/mol. The van der Waals surface area contributed by atoms with Crippen LogP contribution in [0.25, 0.3) is 16.6 Å². The number of carbonyl (C=O) groups excluding carboxylic acids is 1. The molecule has 0 aliphatic heterocycles. The Labute approximate surface area is 94.5 Å². The Morgan fingerprint density at radius 1 is 1.41 bits per heavy atom. The Kier molecular flexibility index (Phi) is 1.76. The molecule has 2 aromatic heterocycles. The molecule has 0 aliphatic carbocycles. The molecule has 2 heterocycles. The molecule has 7 nitrogen and oxygen atoms in total.